The molecule has 1 amide bonds. The molecule has 6 nitrogen and oxygen atoms in total. The van der Waals surface area contributed by atoms with Gasteiger partial charge in [0.2, 0.25) is 0 Å². The number of aliphatic hydroxyl groups excluding tert-OH is 1. The van der Waals surface area contributed by atoms with Crippen LogP contribution in [0.15, 0.2) is 164 Å². The number of nitrogens with one attached hydrogen (secondary N) is 1. The van der Waals surface area contributed by atoms with Gasteiger partial charge in [-0.25, -0.2) is 0 Å². The lowest BCUT2D eigenvalue weighted by Gasteiger charge is -2.43. The highest BCUT2D eigenvalue weighted by molar-refractivity contribution is 5.94. The van der Waals surface area contributed by atoms with Gasteiger partial charge in [0.1, 0.15) is 0 Å². The third-order valence-corrected chi connectivity index (χ3v) is 10.0. The van der Waals surface area contributed by atoms with Gasteiger partial charge in [0.05, 0.1) is 18.8 Å². The van der Waals surface area contributed by atoms with E-state index < -0.39 is 6.29 Å². The van der Waals surface area contributed by atoms with Crippen LogP contribution < -0.4 is 5.32 Å². The molecule has 268 valence electrons. The summed E-state index contributed by atoms with van der Waals surface area (Å²) in [6.07, 6.45) is -0.920. The molecule has 0 aliphatic carbocycles. The Morgan fingerprint density at radius 1 is 0.642 bits per heavy atom. The third kappa shape index (κ3) is 9.17. The summed E-state index contributed by atoms with van der Waals surface area (Å²) in [5.74, 6) is -0.0460. The van der Waals surface area contributed by atoms with Gasteiger partial charge in [-0.2, -0.15) is 0 Å². The zero-order chi connectivity index (χ0) is 36.4. The molecule has 0 bridgehead atoms. The number of amides is 1. The molecule has 4 atom stereocenters. The van der Waals surface area contributed by atoms with Crippen LogP contribution in [0.1, 0.15) is 63.1 Å². The third-order valence-electron chi connectivity index (χ3n) is 10.0. The second-order valence-electron chi connectivity index (χ2n) is 13.8. The molecule has 6 heteroatoms. The SMILES string of the molecule is C[C@H]1[C@@H](CN(Cc2ccccc2)Cc2ccccc2)O[C@@H](c2ccc(-c3ccccc3CNC(=O)c3ccccc3)cc2)O[C@H]1c1ccc(CO)cc1. The van der Waals surface area contributed by atoms with Gasteiger partial charge in [-0.05, 0) is 51.1 Å². The lowest BCUT2D eigenvalue weighted by molar-refractivity contribution is -0.276. The van der Waals surface area contributed by atoms with Gasteiger partial charge in [0.15, 0.2) is 6.29 Å². The summed E-state index contributed by atoms with van der Waals surface area (Å²) in [6.45, 7) is 4.94. The van der Waals surface area contributed by atoms with E-state index in [2.05, 4.69) is 126 Å². The van der Waals surface area contributed by atoms with Crippen molar-refractivity contribution in [1.29, 1.82) is 0 Å². The molecule has 1 heterocycles. The Morgan fingerprint density at radius 2 is 1.21 bits per heavy atom. The number of benzene rings is 6. The molecule has 53 heavy (non-hydrogen) atoms. The van der Waals surface area contributed by atoms with Crippen molar-refractivity contribution >= 4 is 5.91 Å². The number of aliphatic hydroxyl groups is 1. The van der Waals surface area contributed by atoms with Crippen LogP contribution in [0.5, 0.6) is 0 Å². The number of carbonyl (C=O) groups excluding carboxylic acids is 1. The zero-order valence-electron chi connectivity index (χ0n) is 30.1. The quantitative estimate of drug-likeness (QED) is 0.126. The van der Waals surface area contributed by atoms with Gasteiger partial charge in [0.25, 0.3) is 5.91 Å². The molecule has 1 aliphatic rings. The monoisotopic (exact) mass is 702 g/mol. The lowest BCUT2D eigenvalue weighted by Crippen LogP contribution is -2.44. The van der Waals surface area contributed by atoms with Gasteiger partial charge >= 0.3 is 0 Å². The number of hydrogen-bond acceptors (Lipinski definition) is 5. The van der Waals surface area contributed by atoms with Crippen molar-refractivity contribution < 1.29 is 19.4 Å². The van der Waals surface area contributed by atoms with E-state index in [0.717, 1.165) is 53.0 Å². The van der Waals surface area contributed by atoms with Crippen LogP contribution >= 0.6 is 0 Å². The van der Waals surface area contributed by atoms with Crippen molar-refractivity contribution in [2.45, 2.75) is 51.7 Å². The number of rotatable bonds is 13. The first kappa shape index (κ1) is 36.0. The summed E-state index contributed by atoms with van der Waals surface area (Å²) in [5.41, 5.74) is 9.17. The van der Waals surface area contributed by atoms with Crippen molar-refractivity contribution in [2.24, 2.45) is 5.92 Å². The molecule has 6 aromatic carbocycles. The van der Waals surface area contributed by atoms with Gasteiger partial charge in [-0.3, -0.25) is 9.69 Å². The predicted molar refractivity (Wildman–Crippen MR) is 209 cm³/mol. The molecule has 0 aromatic heterocycles. The summed E-state index contributed by atoms with van der Waals surface area (Å²) in [4.78, 5) is 15.3. The number of carbonyl (C=O) groups is 1. The first-order chi connectivity index (χ1) is 26.0. The second-order valence-corrected chi connectivity index (χ2v) is 13.8. The van der Waals surface area contributed by atoms with Crippen molar-refractivity contribution in [1.82, 2.24) is 10.2 Å². The maximum absolute atomic E-state index is 12.8. The molecule has 1 aliphatic heterocycles. The summed E-state index contributed by atoms with van der Waals surface area (Å²) >= 11 is 0. The van der Waals surface area contributed by atoms with E-state index in [9.17, 15) is 9.90 Å². The summed E-state index contributed by atoms with van der Waals surface area (Å²) in [5, 5.41) is 12.8. The minimum atomic E-state index is -0.580. The van der Waals surface area contributed by atoms with E-state index in [1.165, 1.54) is 11.1 Å². The predicted octanol–water partition coefficient (Wildman–Crippen LogP) is 9.27. The van der Waals surface area contributed by atoms with E-state index in [1.54, 1.807) is 0 Å². The van der Waals surface area contributed by atoms with E-state index in [0.29, 0.717) is 12.1 Å². The Morgan fingerprint density at radius 3 is 1.83 bits per heavy atom. The van der Waals surface area contributed by atoms with Crippen LogP contribution in [0.4, 0.5) is 0 Å². The maximum atomic E-state index is 12.8. The van der Waals surface area contributed by atoms with Crippen LogP contribution in [0.25, 0.3) is 11.1 Å². The van der Waals surface area contributed by atoms with Crippen LogP contribution in [-0.4, -0.2) is 28.6 Å². The Kier molecular flexibility index (Phi) is 11.8. The fourth-order valence-electron chi connectivity index (χ4n) is 7.09. The number of ether oxygens (including phenoxy) is 2. The molecule has 7 rings (SSSR count). The van der Waals surface area contributed by atoms with Crippen LogP contribution in [0.2, 0.25) is 0 Å². The van der Waals surface area contributed by atoms with E-state index >= 15 is 0 Å². The molecule has 1 fully saturated rings. The van der Waals surface area contributed by atoms with E-state index in [-0.39, 0.29) is 30.6 Å². The topological polar surface area (TPSA) is 71.0 Å². The van der Waals surface area contributed by atoms with Gasteiger partial charge in [-0.1, -0.05) is 159 Å². The molecule has 1 saturated heterocycles. The van der Waals surface area contributed by atoms with Gasteiger partial charge < -0.3 is 19.9 Å². The molecule has 6 aromatic rings. The molecule has 0 unspecified atom stereocenters. The average Bonchev–Trinajstić information content (AvgIpc) is 3.22. The number of nitrogens with zero attached hydrogens (tertiary/aromatic N) is 1. The van der Waals surface area contributed by atoms with Crippen LogP contribution in [0.3, 0.4) is 0 Å². The number of hydrogen-bond donors (Lipinski definition) is 2. The minimum absolute atomic E-state index is 0.00146. The minimum Gasteiger partial charge on any atom is -0.392 e. The molecule has 0 spiro atoms. The molecular weight excluding hydrogens is 657 g/mol. The second kappa shape index (κ2) is 17.4. The Bertz CT molecular complexity index is 2000. The summed E-state index contributed by atoms with van der Waals surface area (Å²) < 4.78 is 13.7. The standard InChI is InChI=1S/C47H46N2O4/c1-34-44(32-49(30-35-13-5-2-6-14-35)31-36-15-7-3-8-16-36)52-47(53-45(34)39-23-21-37(33-50)22-24-39)41-27-25-38(26-28-41)43-20-12-11-19-42(43)29-48-46(51)40-17-9-4-10-18-40/h2-28,34,44-45,47,50H,29-33H2,1H3,(H,48,51)/t34-,44+,45+,47+/m0/s1. The summed E-state index contributed by atoms with van der Waals surface area (Å²) in [6, 6.07) is 55.1. The van der Waals surface area contributed by atoms with E-state index in [1.807, 2.05) is 54.6 Å². The largest absolute Gasteiger partial charge is 0.392 e. The van der Waals surface area contributed by atoms with Crippen molar-refractivity contribution in [3.63, 3.8) is 0 Å². The first-order valence-corrected chi connectivity index (χ1v) is 18.4. The Balaban J connectivity index is 1.14. The molecule has 2 N–H and O–H groups in total. The van der Waals surface area contributed by atoms with Crippen LogP contribution in [-0.2, 0) is 35.7 Å². The van der Waals surface area contributed by atoms with Crippen LogP contribution in [0, 0.1) is 5.92 Å². The highest BCUT2D eigenvalue weighted by Crippen LogP contribution is 2.42. The Hall–Kier alpha value is -5.37. The molecular formula is C47H46N2O4. The maximum Gasteiger partial charge on any atom is 0.251 e. The molecule has 0 radical (unpaired) electrons. The lowest BCUT2D eigenvalue weighted by atomic mass is 9.89. The Labute approximate surface area is 312 Å². The van der Waals surface area contributed by atoms with Crippen molar-refractivity contribution in [2.75, 3.05) is 6.54 Å². The first-order valence-electron chi connectivity index (χ1n) is 18.4. The normalized spacial score (nSPS) is 18.5. The summed E-state index contributed by atoms with van der Waals surface area (Å²) in [7, 11) is 0. The van der Waals surface area contributed by atoms with Gasteiger partial charge in [0, 0.05) is 43.2 Å². The molecule has 0 saturated carbocycles. The highest BCUT2D eigenvalue weighted by Gasteiger charge is 2.39. The van der Waals surface area contributed by atoms with Gasteiger partial charge in [-0.15, -0.1) is 0 Å². The smallest absolute Gasteiger partial charge is 0.251 e. The van der Waals surface area contributed by atoms with E-state index in [4.69, 9.17) is 9.47 Å². The highest BCUT2D eigenvalue weighted by atomic mass is 16.7. The van der Waals surface area contributed by atoms with Crippen molar-refractivity contribution in [3.8, 4) is 11.1 Å². The average molecular weight is 703 g/mol. The van der Waals surface area contributed by atoms with Crippen molar-refractivity contribution in [3.05, 3.63) is 203 Å². The fourth-order valence-corrected chi connectivity index (χ4v) is 7.09. The fraction of sp³-hybridized carbons (Fsp3) is 0.213. The zero-order valence-corrected chi connectivity index (χ0v) is 30.1.